The molecule has 1 atom stereocenters. The molecule has 0 aliphatic heterocycles. The summed E-state index contributed by atoms with van der Waals surface area (Å²) in [6.07, 6.45) is 2.43. The molecule has 0 bridgehead atoms. The summed E-state index contributed by atoms with van der Waals surface area (Å²) in [6.45, 7) is 0. The predicted octanol–water partition coefficient (Wildman–Crippen LogP) is 3.22. The van der Waals surface area contributed by atoms with Crippen LogP contribution in [-0.2, 0) is 6.42 Å². The van der Waals surface area contributed by atoms with E-state index in [9.17, 15) is 0 Å². The molecule has 3 rings (SSSR count). The van der Waals surface area contributed by atoms with E-state index in [1.54, 1.807) is 22.3 Å². The van der Waals surface area contributed by atoms with Gasteiger partial charge in [0.2, 0.25) is 0 Å². The maximum atomic E-state index is 6.18. The van der Waals surface area contributed by atoms with E-state index in [0.717, 1.165) is 20.6 Å². The highest BCUT2D eigenvalue weighted by atomic mass is 35.5. The summed E-state index contributed by atoms with van der Waals surface area (Å²) in [7, 11) is 0. The molecule has 2 heterocycles. The third-order valence-corrected chi connectivity index (χ3v) is 4.18. The van der Waals surface area contributed by atoms with Gasteiger partial charge in [-0.3, -0.25) is 0 Å². The second-order valence-electron chi connectivity index (χ2n) is 4.41. The summed E-state index contributed by atoms with van der Waals surface area (Å²) in [5, 5.41) is 8.69. The van der Waals surface area contributed by atoms with E-state index in [0.29, 0.717) is 6.42 Å². The summed E-state index contributed by atoms with van der Waals surface area (Å²) in [5.74, 6) is 0. The van der Waals surface area contributed by atoms with Crippen LogP contribution in [0.25, 0.3) is 5.69 Å². The van der Waals surface area contributed by atoms with Crippen molar-refractivity contribution in [2.24, 2.45) is 5.73 Å². The van der Waals surface area contributed by atoms with Crippen LogP contribution < -0.4 is 5.73 Å². The normalized spacial score (nSPS) is 12.5. The summed E-state index contributed by atoms with van der Waals surface area (Å²) < 4.78 is 0.778. The van der Waals surface area contributed by atoms with Crippen molar-refractivity contribution in [1.82, 2.24) is 15.0 Å². The van der Waals surface area contributed by atoms with Crippen LogP contribution in [-0.4, -0.2) is 15.0 Å². The monoisotopic (exact) mass is 304 g/mol. The standard InChI is InChI=1S/C14H13ClN4S/c15-14-7-6-11(20-14)8-12(16)13-9-17-19(18-13)10-4-2-1-3-5-10/h1-7,9,12H,8,16H2. The lowest BCUT2D eigenvalue weighted by Crippen LogP contribution is -2.13. The Hall–Kier alpha value is -1.69. The lowest BCUT2D eigenvalue weighted by Gasteiger charge is -2.05. The molecule has 0 amide bonds. The number of hydrogen-bond donors (Lipinski definition) is 1. The number of halogens is 1. The van der Waals surface area contributed by atoms with Crippen LogP contribution in [0.4, 0.5) is 0 Å². The Balaban J connectivity index is 1.76. The van der Waals surface area contributed by atoms with Gasteiger partial charge < -0.3 is 5.73 Å². The van der Waals surface area contributed by atoms with E-state index in [2.05, 4.69) is 10.2 Å². The number of benzene rings is 1. The predicted molar refractivity (Wildman–Crippen MR) is 81.3 cm³/mol. The van der Waals surface area contributed by atoms with Gasteiger partial charge in [0.15, 0.2) is 0 Å². The van der Waals surface area contributed by atoms with Crippen molar-refractivity contribution in [1.29, 1.82) is 0 Å². The van der Waals surface area contributed by atoms with Crippen LogP contribution in [0.1, 0.15) is 16.6 Å². The van der Waals surface area contributed by atoms with E-state index in [-0.39, 0.29) is 6.04 Å². The minimum atomic E-state index is -0.179. The lowest BCUT2D eigenvalue weighted by molar-refractivity contribution is 0.670. The molecule has 102 valence electrons. The maximum absolute atomic E-state index is 6.18. The number of para-hydroxylation sites is 1. The molecule has 0 saturated carbocycles. The Morgan fingerprint density at radius 3 is 2.70 bits per heavy atom. The fourth-order valence-corrected chi connectivity index (χ4v) is 3.06. The van der Waals surface area contributed by atoms with Gasteiger partial charge in [0.1, 0.15) is 5.69 Å². The molecule has 2 aromatic heterocycles. The Morgan fingerprint density at radius 1 is 1.20 bits per heavy atom. The van der Waals surface area contributed by atoms with Gasteiger partial charge in [0.25, 0.3) is 0 Å². The largest absolute Gasteiger partial charge is 0.322 e. The van der Waals surface area contributed by atoms with E-state index in [1.807, 2.05) is 42.5 Å². The minimum Gasteiger partial charge on any atom is -0.322 e. The van der Waals surface area contributed by atoms with Crippen molar-refractivity contribution in [2.45, 2.75) is 12.5 Å². The average molecular weight is 305 g/mol. The van der Waals surface area contributed by atoms with Crippen LogP contribution in [0, 0.1) is 0 Å². The number of aromatic nitrogens is 3. The van der Waals surface area contributed by atoms with Gasteiger partial charge in [0.05, 0.1) is 22.3 Å². The smallest absolute Gasteiger partial charge is 0.100 e. The Kier molecular flexibility index (Phi) is 3.82. The number of hydrogen-bond acceptors (Lipinski definition) is 4. The fraction of sp³-hybridized carbons (Fsp3) is 0.143. The van der Waals surface area contributed by atoms with Gasteiger partial charge in [0, 0.05) is 11.3 Å². The number of rotatable bonds is 4. The molecular formula is C14H13ClN4S. The number of nitrogens with two attached hydrogens (primary N) is 1. The summed E-state index contributed by atoms with van der Waals surface area (Å²) in [5.41, 5.74) is 7.87. The quantitative estimate of drug-likeness (QED) is 0.805. The first-order valence-electron chi connectivity index (χ1n) is 6.20. The van der Waals surface area contributed by atoms with Gasteiger partial charge in [-0.15, -0.1) is 11.3 Å². The Labute approximate surface area is 125 Å². The minimum absolute atomic E-state index is 0.179. The molecule has 0 spiro atoms. The zero-order valence-electron chi connectivity index (χ0n) is 10.6. The highest BCUT2D eigenvalue weighted by Gasteiger charge is 2.13. The second-order valence-corrected chi connectivity index (χ2v) is 6.21. The van der Waals surface area contributed by atoms with E-state index in [1.165, 1.54) is 0 Å². The van der Waals surface area contributed by atoms with Crippen molar-refractivity contribution < 1.29 is 0 Å². The zero-order valence-corrected chi connectivity index (χ0v) is 12.2. The molecule has 0 fully saturated rings. The first-order valence-corrected chi connectivity index (χ1v) is 7.39. The molecule has 20 heavy (non-hydrogen) atoms. The third kappa shape index (κ3) is 2.90. The molecule has 0 saturated heterocycles. The molecule has 0 radical (unpaired) electrons. The lowest BCUT2D eigenvalue weighted by atomic mass is 10.1. The Morgan fingerprint density at radius 2 is 2.00 bits per heavy atom. The summed E-state index contributed by atoms with van der Waals surface area (Å²) in [6, 6.07) is 13.5. The highest BCUT2D eigenvalue weighted by Crippen LogP contribution is 2.25. The van der Waals surface area contributed by atoms with Crippen LogP contribution in [0.5, 0.6) is 0 Å². The zero-order chi connectivity index (χ0) is 13.9. The maximum Gasteiger partial charge on any atom is 0.100 e. The van der Waals surface area contributed by atoms with Crippen LogP contribution >= 0.6 is 22.9 Å². The molecule has 3 aromatic rings. The van der Waals surface area contributed by atoms with E-state index < -0.39 is 0 Å². The van der Waals surface area contributed by atoms with Crippen molar-refractivity contribution >= 4 is 22.9 Å². The van der Waals surface area contributed by atoms with Gasteiger partial charge in [-0.1, -0.05) is 29.8 Å². The molecule has 0 aliphatic carbocycles. The van der Waals surface area contributed by atoms with Crippen LogP contribution in [0.15, 0.2) is 48.7 Å². The topological polar surface area (TPSA) is 56.7 Å². The van der Waals surface area contributed by atoms with Gasteiger partial charge in [-0.2, -0.15) is 15.0 Å². The SMILES string of the molecule is NC(Cc1ccc(Cl)s1)c1cnn(-c2ccccc2)n1. The first kappa shape index (κ1) is 13.3. The third-order valence-electron chi connectivity index (χ3n) is 2.93. The summed E-state index contributed by atoms with van der Waals surface area (Å²) >= 11 is 7.46. The fourth-order valence-electron chi connectivity index (χ4n) is 1.91. The number of thiophene rings is 1. The van der Waals surface area contributed by atoms with Crippen molar-refractivity contribution in [3.63, 3.8) is 0 Å². The molecule has 6 heteroatoms. The van der Waals surface area contributed by atoms with Gasteiger partial charge in [-0.25, -0.2) is 0 Å². The molecule has 0 aliphatic rings. The van der Waals surface area contributed by atoms with Gasteiger partial charge >= 0.3 is 0 Å². The second kappa shape index (κ2) is 5.75. The van der Waals surface area contributed by atoms with Crippen molar-refractivity contribution in [2.75, 3.05) is 0 Å². The van der Waals surface area contributed by atoms with E-state index >= 15 is 0 Å². The number of nitrogens with zero attached hydrogens (tertiary/aromatic N) is 3. The van der Waals surface area contributed by atoms with Gasteiger partial charge in [-0.05, 0) is 24.3 Å². The molecule has 4 nitrogen and oxygen atoms in total. The van der Waals surface area contributed by atoms with E-state index in [4.69, 9.17) is 17.3 Å². The highest BCUT2D eigenvalue weighted by molar-refractivity contribution is 7.16. The molecule has 1 unspecified atom stereocenters. The van der Waals surface area contributed by atoms with Crippen LogP contribution in [0.3, 0.4) is 0 Å². The molecule has 2 N–H and O–H groups in total. The van der Waals surface area contributed by atoms with Crippen molar-refractivity contribution in [3.8, 4) is 5.69 Å². The molecule has 1 aromatic carbocycles. The summed E-state index contributed by atoms with van der Waals surface area (Å²) in [4.78, 5) is 2.74. The molecular weight excluding hydrogens is 292 g/mol. The first-order chi connectivity index (χ1) is 9.72. The van der Waals surface area contributed by atoms with Crippen molar-refractivity contribution in [3.05, 3.63) is 63.6 Å². The average Bonchev–Trinajstić information content (AvgIpc) is 3.09. The Bertz CT molecular complexity index is 692. The van der Waals surface area contributed by atoms with Crippen LogP contribution in [0.2, 0.25) is 4.34 Å².